The largest absolute Gasteiger partial charge is 0.351 e. The molecule has 8 heteroatoms. The lowest BCUT2D eigenvalue weighted by molar-refractivity contribution is -0.124. The highest BCUT2D eigenvalue weighted by Gasteiger charge is 2.30. The fourth-order valence-corrected chi connectivity index (χ4v) is 3.34. The van der Waals surface area contributed by atoms with Crippen LogP contribution in [0.25, 0.3) is 0 Å². The van der Waals surface area contributed by atoms with Gasteiger partial charge in [-0.05, 0) is 49.4 Å². The second kappa shape index (κ2) is 11.8. The summed E-state index contributed by atoms with van der Waals surface area (Å²) in [5.41, 5.74) is 6.55. The van der Waals surface area contributed by atoms with E-state index >= 15 is 0 Å². The topological polar surface area (TPSA) is 96.2 Å². The second-order valence-electron chi connectivity index (χ2n) is 6.84. The van der Waals surface area contributed by atoms with Crippen LogP contribution in [0.3, 0.4) is 0 Å². The first kappa shape index (κ1) is 23.2. The molecule has 5 N–H and O–H groups in total. The molecule has 1 fully saturated rings. The molecule has 1 aliphatic rings. The molecule has 3 amide bonds. The van der Waals surface area contributed by atoms with Gasteiger partial charge in [-0.25, -0.2) is 9.18 Å². The molecule has 1 saturated carbocycles. The predicted octanol–water partition coefficient (Wildman–Crippen LogP) is 2.46. The number of nitrogens with one attached hydrogen (secondary N) is 3. The number of nitrogens with two attached hydrogens (primary N) is 1. The molecule has 1 aromatic carbocycles. The van der Waals surface area contributed by atoms with Crippen LogP contribution in [0, 0.1) is 11.7 Å². The summed E-state index contributed by atoms with van der Waals surface area (Å²) in [6.45, 7) is 2.80. The van der Waals surface area contributed by atoms with Gasteiger partial charge in [-0.1, -0.05) is 31.9 Å². The Balaban J connectivity index is 0.00000364. The lowest BCUT2D eigenvalue weighted by atomic mass is 10.0. The first-order valence-electron chi connectivity index (χ1n) is 9.32. The molecule has 3 unspecified atom stereocenters. The Kier molecular flexibility index (Phi) is 10.1. The number of rotatable bonds is 8. The van der Waals surface area contributed by atoms with E-state index in [9.17, 15) is 14.0 Å². The molecule has 3 atom stereocenters. The SMILES string of the molecule is CCCC(NC(=O)NCc1ccc(F)cc1)C(=O)NC1CCCC1CN.Cl. The maximum absolute atomic E-state index is 12.9. The molecule has 0 aliphatic heterocycles. The number of urea groups is 1. The maximum atomic E-state index is 12.9. The Bertz CT molecular complexity index is 600. The number of hydrogen-bond donors (Lipinski definition) is 4. The minimum absolute atomic E-state index is 0. The molecule has 1 aromatic rings. The van der Waals surface area contributed by atoms with Crippen molar-refractivity contribution in [3.63, 3.8) is 0 Å². The lowest BCUT2D eigenvalue weighted by Crippen LogP contribution is -2.52. The Morgan fingerprint density at radius 2 is 1.96 bits per heavy atom. The fraction of sp³-hybridized carbons (Fsp3) is 0.579. The average molecular weight is 401 g/mol. The van der Waals surface area contributed by atoms with Gasteiger partial charge < -0.3 is 21.7 Å². The number of benzene rings is 1. The van der Waals surface area contributed by atoms with Crippen molar-refractivity contribution in [3.05, 3.63) is 35.6 Å². The van der Waals surface area contributed by atoms with Gasteiger partial charge in [0.1, 0.15) is 11.9 Å². The van der Waals surface area contributed by atoms with E-state index in [1.54, 1.807) is 12.1 Å². The molecule has 0 spiro atoms. The zero-order chi connectivity index (χ0) is 18.9. The first-order chi connectivity index (χ1) is 12.5. The van der Waals surface area contributed by atoms with Crippen molar-refractivity contribution in [2.45, 2.75) is 57.7 Å². The molecule has 2 rings (SSSR count). The van der Waals surface area contributed by atoms with E-state index in [0.717, 1.165) is 31.2 Å². The first-order valence-corrected chi connectivity index (χ1v) is 9.32. The van der Waals surface area contributed by atoms with E-state index in [1.165, 1.54) is 12.1 Å². The standard InChI is InChI=1S/C19H29FN4O2.ClH/c1-2-4-17(18(25)23-16-6-3-5-14(16)11-21)24-19(26)22-12-13-7-9-15(20)10-8-13;/h7-10,14,16-17H,2-6,11-12,21H2,1H3,(H,23,25)(H2,22,24,26);1H. The molecule has 152 valence electrons. The molecule has 0 bridgehead atoms. The minimum atomic E-state index is -0.577. The Labute approximate surface area is 166 Å². The van der Waals surface area contributed by atoms with Crippen molar-refractivity contribution >= 4 is 24.3 Å². The van der Waals surface area contributed by atoms with Gasteiger partial charge in [-0.3, -0.25) is 4.79 Å². The van der Waals surface area contributed by atoms with Crippen molar-refractivity contribution in [1.82, 2.24) is 16.0 Å². The summed E-state index contributed by atoms with van der Waals surface area (Å²) < 4.78 is 12.9. The maximum Gasteiger partial charge on any atom is 0.315 e. The molecule has 0 radical (unpaired) electrons. The third-order valence-electron chi connectivity index (χ3n) is 4.85. The van der Waals surface area contributed by atoms with Crippen molar-refractivity contribution < 1.29 is 14.0 Å². The van der Waals surface area contributed by atoms with Crippen molar-refractivity contribution in [2.75, 3.05) is 6.54 Å². The number of amides is 3. The molecule has 0 heterocycles. The van der Waals surface area contributed by atoms with Gasteiger partial charge in [0.2, 0.25) is 5.91 Å². The van der Waals surface area contributed by atoms with E-state index in [1.807, 2.05) is 6.92 Å². The summed E-state index contributed by atoms with van der Waals surface area (Å²) in [6, 6.07) is 5.01. The fourth-order valence-electron chi connectivity index (χ4n) is 3.34. The zero-order valence-corrected chi connectivity index (χ0v) is 16.5. The molecule has 6 nitrogen and oxygen atoms in total. The Morgan fingerprint density at radius 1 is 1.26 bits per heavy atom. The summed E-state index contributed by atoms with van der Waals surface area (Å²) in [5, 5.41) is 8.49. The van der Waals surface area contributed by atoms with E-state index in [2.05, 4.69) is 16.0 Å². The van der Waals surface area contributed by atoms with E-state index in [4.69, 9.17) is 5.73 Å². The van der Waals surface area contributed by atoms with Crippen LogP contribution in [0.15, 0.2) is 24.3 Å². The smallest absolute Gasteiger partial charge is 0.315 e. The summed E-state index contributed by atoms with van der Waals surface area (Å²) in [7, 11) is 0. The van der Waals surface area contributed by atoms with Crippen LogP contribution in [0.1, 0.15) is 44.6 Å². The molecule has 27 heavy (non-hydrogen) atoms. The highest BCUT2D eigenvalue weighted by atomic mass is 35.5. The zero-order valence-electron chi connectivity index (χ0n) is 15.7. The quantitative estimate of drug-likeness (QED) is 0.539. The van der Waals surface area contributed by atoms with Crippen LogP contribution in [0.4, 0.5) is 9.18 Å². The lowest BCUT2D eigenvalue weighted by Gasteiger charge is -2.24. The van der Waals surface area contributed by atoms with Crippen LogP contribution in [0.2, 0.25) is 0 Å². The van der Waals surface area contributed by atoms with Gasteiger partial charge in [-0.15, -0.1) is 12.4 Å². The summed E-state index contributed by atoms with van der Waals surface area (Å²) in [5.74, 6) is -0.164. The Hall–Kier alpha value is -1.86. The summed E-state index contributed by atoms with van der Waals surface area (Å²) in [4.78, 5) is 24.7. The summed E-state index contributed by atoms with van der Waals surface area (Å²) >= 11 is 0. The normalized spacial score (nSPS) is 19.7. The molecular formula is C19H30ClFN4O2. The van der Waals surface area contributed by atoms with Crippen LogP contribution < -0.4 is 21.7 Å². The van der Waals surface area contributed by atoms with Crippen LogP contribution in [-0.4, -0.2) is 30.6 Å². The number of carbonyl (C=O) groups excluding carboxylic acids is 2. The minimum Gasteiger partial charge on any atom is -0.351 e. The number of hydrogen-bond acceptors (Lipinski definition) is 3. The van der Waals surface area contributed by atoms with E-state index in [0.29, 0.717) is 18.9 Å². The van der Waals surface area contributed by atoms with Gasteiger partial charge in [-0.2, -0.15) is 0 Å². The van der Waals surface area contributed by atoms with Crippen molar-refractivity contribution in [3.8, 4) is 0 Å². The summed E-state index contributed by atoms with van der Waals surface area (Å²) in [6.07, 6.45) is 4.38. The van der Waals surface area contributed by atoms with Gasteiger partial charge in [0.05, 0.1) is 0 Å². The molecule has 1 aliphatic carbocycles. The molecular weight excluding hydrogens is 371 g/mol. The van der Waals surface area contributed by atoms with Gasteiger partial charge in [0.25, 0.3) is 0 Å². The molecule has 0 aromatic heterocycles. The second-order valence-corrected chi connectivity index (χ2v) is 6.84. The Morgan fingerprint density at radius 3 is 2.59 bits per heavy atom. The van der Waals surface area contributed by atoms with Crippen molar-refractivity contribution in [1.29, 1.82) is 0 Å². The number of carbonyl (C=O) groups is 2. The number of halogens is 2. The monoisotopic (exact) mass is 400 g/mol. The van der Waals surface area contributed by atoms with Crippen LogP contribution in [-0.2, 0) is 11.3 Å². The third kappa shape index (κ3) is 7.34. The predicted molar refractivity (Wildman–Crippen MR) is 106 cm³/mol. The highest BCUT2D eigenvalue weighted by Crippen LogP contribution is 2.24. The van der Waals surface area contributed by atoms with Crippen LogP contribution in [0.5, 0.6) is 0 Å². The van der Waals surface area contributed by atoms with Gasteiger partial charge >= 0.3 is 6.03 Å². The van der Waals surface area contributed by atoms with Gasteiger partial charge in [0.15, 0.2) is 0 Å². The van der Waals surface area contributed by atoms with Gasteiger partial charge in [0, 0.05) is 12.6 Å². The van der Waals surface area contributed by atoms with E-state index < -0.39 is 12.1 Å². The average Bonchev–Trinajstić information content (AvgIpc) is 3.08. The van der Waals surface area contributed by atoms with E-state index in [-0.39, 0.29) is 36.7 Å². The molecule has 0 saturated heterocycles. The van der Waals surface area contributed by atoms with Crippen LogP contribution >= 0.6 is 12.4 Å². The van der Waals surface area contributed by atoms with Crippen molar-refractivity contribution in [2.24, 2.45) is 11.7 Å². The highest BCUT2D eigenvalue weighted by molar-refractivity contribution is 5.87. The third-order valence-corrected chi connectivity index (χ3v) is 4.85.